The van der Waals surface area contributed by atoms with Crippen LogP contribution in [0.3, 0.4) is 0 Å². The van der Waals surface area contributed by atoms with Crippen molar-refractivity contribution in [1.29, 1.82) is 0 Å². The largest absolute Gasteiger partial charge is 0.465 e. The lowest BCUT2D eigenvalue weighted by molar-refractivity contribution is -0.127. The van der Waals surface area contributed by atoms with Gasteiger partial charge in [-0.15, -0.1) is 0 Å². The van der Waals surface area contributed by atoms with Crippen LogP contribution in [0, 0.1) is 0 Å². The summed E-state index contributed by atoms with van der Waals surface area (Å²) in [5.74, 6) is -2.38. The number of amides is 2. The zero-order valence-electron chi connectivity index (χ0n) is 11.1. The number of hydrogen-bond acceptors (Lipinski definition) is 4. The van der Waals surface area contributed by atoms with Crippen LogP contribution in [0.15, 0.2) is 34.3 Å². The van der Waals surface area contributed by atoms with Crippen molar-refractivity contribution in [2.45, 2.75) is 25.6 Å². The van der Waals surface area contributed by atoms with E-state index in [1.165, 1.54) is 0 Å². The molecule has 20 heavy (non-hydrogen) atoms. The summed E-state index contributed by atoms with van der Waals surface area (Å²) >= 11 is 0. The fraction of sp³-hybridized carbons (Fsp3) is 0.385. The average molecular weight is 276 g/mol. The zero-order valence-corrected chi connectivity index (χ0v) is 11.1. The number of para-hydroxylation sites is 2. The van der Waals surface area contributed by atoms with Gasteiger partial charge in [-0.1, -0.05) is 25.5 Å². The highest BCUT2D eigenvalue weighted by Gasteiger charge is 2.41. The third-order valence-corrected chi connectivity index (χ3v) is 2.86. The Labute approximate surface area is 115 Å². The maximum atomic E-state index is 12.2. The molecular weight excluding hydrogens is 260 g/mol. The Morgan fingerprint density at radius 1 is 1.25 bits per heavy atom. The molecule has 0 aromatic heterocycles. The Morgan fingerprint density at radius 3 is 2.35 bits per heavy atom. The van der Waals surface area contributed by atoms with Crippen LogP contribution in [-0.2, 0) is 4.79 Å². The van der Waals surface area contributed by atoms with Gasteiger partial charge in [-0.2, -0.15) is 0 Å². The van der Waals surface area contributed by atoms with E-state index in [9.17, 15) is 9.59 Å². The molecule has 7 heteroatoms. The maximum Gasteiger partial charge on any atom is 0.408 e. The van der Waals surface area contributed by atoms with Crippen LogP contribution in [0.4, 0.5) is 4.79 Å². The van der Waals surface area contributed by atoms with E-state index in [0.717, 1.165) is 12.8 Å². The summed E-state index contributed by atoms with van der Waals surface area (Å²) in [6, 6.07) is 6.88. The first-order valence-electron chi connectivity index (χ1n) is 6.41. The van der Waals surface area contributed by atoms with Crippen molar-refractivity contribution in [2.75, 3.05) is 6.54 Å². The second kappa shape index (κ2) is 5.68. The quantitative estimate of drug-likeness (QED) is 0.647. The lowest BCUT2D eigenvalue weighted by Crippen LogP contribution is -2.56. The molecule has 0 unspecified atom stereocenters. The molecule has 1 aliphatic heterocycles. The van der Waals surface area contributed by atoms with E-state index in [1.807, 2.05) is 6.92 Å². The summed E-state index contributed by atoms with van der Waals surface area (Å²) in [6.07, 6.45) is 0.381. The molecule has 1 heterocycles. The summed E-state index contributed by atoms with van der Waals surface area (Å²) in [5, 5.41) is 14.7. The van der Waals surface area contributed by atoms with E-state index in [-0.39, 0.29) is 0 Å². The van der Waals surface area contributed by atoms with Gasteiger partial charge in [-0.25, -0.2) is 14.8 Å². The van der Waals surface area contributed by atoms with E-state index in [1.54, 1.807) is 24.3 Å². The van der Waals surface area contributed by atoms with Crippen molar-refractivity contribution in [3.05, 3.63) is 35.0 Å². The minimum absolute atomic E-state index is 0.458. The van der Waals surface area contributed by atoms with Gasteiger partial charge < -0.3 is 10.4 Å². The summed E-state index contributed by atoms with van der Waals surface area (Å²) in [4.78, 5) is 31.4. The van der Waals surface area contributed by atoms with E-state index >= 15 is 0 Å². The summed E-state index contributed by atoms with van der Waals surface area (Å²) in [6.45, 7) is 2.46. The molecule has 0 aliphatic carbocycles. The Kier molecular flexibility index (Phi) is 3.97. The standard InChI is InChI=1S/C13H16N4O3/c1-2-3-8-14-11(18)13(17-12(19)20)15-9-6-4-5-7-10(9)16-13/h4-7,17H,2-3,8H2,1H3,(H,14,18)(H,19,20). The van der Waals surface area contributed by atoms with E-state index in [4.69, 9.17) is 5.11 Å². The van der Waals surface area contributed by atoms with Crippen LogP contribution in [0.1, 0.15) is 19.8 Å². The SMILES string of the molecule is CCCCNC(=O)C1(NC(=O)O)N=c2ccccc2=N1. The topological polar surface area (TPSA) is 103 Å². The Hall–Kier alpha value is -2.44. The van der Waals surface area contributed by atoms with Crippen LogP contribution in [0.5, 0.6) is 0 Å². The number of nitrogens with zero attached hydrogens (tertiary/aromatic N) is 2. The first-order chi connectivity index (χ1) is 9.57. The van der Waals surface area contributed by atoms with E-state index < -0.39 is 17.8 Å². The zero-order chi connectivity index (χ0) is 14.6. The average Bonchev–Trinajstić information content (AvgIpc) is 2.77. The van der Waals surface area contributed by atoms with Gasteiger partial charge in [0.05, 0.1) is 10.7 Å². The molecule has 106 valence electrons. The van der Waals surface area contributed by atoms with E-state index in [0.29, 0.717) is 17.3 Å². The number of benzene rings is 1. The predicted octanol–water partition coefficient (Wildman–Crippen LogP) is -0.223. The van der Waals surface area contributed by atoms with Crippen LogP contribution < -0.4 is 21.3 Å². The molecule has 0 spiro atoms. The van der Waals surface area contributed by atoms with Crippen molar-refractivity contribution in [3.8, 4) is 0 Å². The number of rotatable bonds is 5. The summed E-state index contributed by atoms with van der Waals surface area (Å²) in [5.41, 5.74) is 0. The molecule has 2 amide bonds. The van der Waals surface area contributed by atoms with Crippen LogP contribution in [-0.4, -0.2) is 29.4 Å². The van der Waals surface area contributed by atoms with Gasteiger partial charge in [0, 0.05) is 6.54 Å². The number of nitrogens with one attached hydrogen (secondary N) is 2. The fourth-order valence-corrected chi connectivity index (χ4v) is 1.89. The predicted molar refractivity (Wildman–Crippen MR) is 70.6 cm³/mol. The summed E-state index contributed by atoms with van der Waals surface area (Å²) in [7, 11) is 0. The fourth-order valence-electron chi connectivity index (χ4n) is 1.89. The number of hydrogen-bond donors (Lipinski definition) is 3. The van der Waals surface area contributed by atoms with Gasteiger partial charge in [0.2, 0.25) is 0 Å². The molecule has 1 aromatic carbocycles. The van der Waals surface area contributed by atoms with Gasteiger partial charge >= 0.3 is 11.9 Å². The number of carbonyl (C=O) groups is 2. The second-order valence-corrected chi connectivity index (χ2v) is 4.42. The van der Waals surface area contributed by atoms with Gasteiger partial charge in [0.15, 0.2) is 0 Å². The molecule has 0 bridgehead atoms. The molecule has 0 saturated heterocycles. The first kappa shape index (κ1) is 14.0. The molecule has 3 N–H and O–H groups in total. The minimum Gasteiger partial charge on any atom is -0.465 e. The first-order valence-corrected chi connectivity index (χ1v) is 6.41. The van der Waals surface area contributed by atoms with Crippen molar-refractivity contribution >= 4 is 12.0 Å². The van der Waals surface area contributed by atoms with Crippen molar-refractivity contribution in [2.24, 2.45) is 9.98 Å². The third kappa shape index (κ3) is 2.76. The monoisotopic (exact) mass is 276 g/mol. The van der Waals surface area contributed by atoms with Gasteiger partial charge in [0.25, 0.3) is 5.91 Å². The highest BCUT2D eigenvalue weighted by atomic mass is 16.4. The van der Waals surface area contributed by atoms with Gasteiger partial charge in [-0.05, 0) is 18.6 Å². The van der Waals surface area contributed by atoms with Crippen molar-refractivity contribution in [3.63, 3.8) is 0 Å². The third-order valence-electron chi connectivity index (χ3n) is 2.86. The van der Waals surface area contributed by atoms with Crippen LogP contribution in [0.25, 0.3) is 0 Å². The molecule has 2 rings (SSSR count). The number of fused-ring (bicyclic) bond motifs is 1. The number of carboxylic acid groups (broad SMARTS) is 1. The Bertz CT molecular complexity index is 606. The molecule has 0 saturated carbocycles. The van der Waals surface area contributed by atoms with Crippen LogP contribution in [0.2, 0.25) is 0 Å². The Balaban J connectivity index is 2.32. The molecule has 1 aromatic rings. The van der Waals surface area contributed by atoms with Gasteiger partial charge in [0.1, 0.15) is 0 Å². The molecule has 1 aliphatic rings. The van der Waals surface area contributed by atoms with Gasteiger partial charge in [-0.3, -0.25) is 10.1 Å². The molecule has 0 fully saturated rings. The van der Waals surface area contributed by atoms with E-state index in [2.05, 4.69) is 20.6 Å². The Morgan fingerprint density at radius 2 is 1.85 bits per heavy atom. The molecular formula is C13H16N4O3. The maximum absolute atomic E-state index is 12.2. The highest BCUT2D eigenvalue weighted by molar-refractivity contribution is 5.89. The van der Waals surface area contributed by atoms with Crippen molar-refractivity contribution in [1.82, 2.24) is 10.6 Å². The molecule has 7 nitrogen and oxygen atoms in total. The smallest absolute Gasteiger partial charge is 0.408 e. The van der Waals surface area contributed by atoms with Crippen LogP contribution >= 0.6 is 0 Å². The highest BCUT2D eigenvalue weighted by Crippen LogP contribution is 2.10. The lowest BCUT2D eigenvalue weighted by atomic mass is 10.3. The normalized spacial score (nSPS) is 14.7. The second-order valence-electron chi connectivity index (χ2n) is 4.42. The van der Waals surface area contributed by atoms with Crippen molar-refractivity contribution < 1.29 is 14.7 Å². The minimum atomic E-state index is -1.82. The number of carbonyl (C=O) groups excluding carboxylic acids is 1. The summed E-state index contributed by atoms with van der Waals surface area (Å²) < 4.78 is 0. The lowest BCUT2D eigenvalue weighted by Gasteiger charge is -2.21. The molecule has 0 atom stereocenters. The molecule has 0 radical (unpaired) electrons. The number of unbranched alkanes of at least 4 members (excludes halogenated alkanes) is 1.